The third kappa shape index (κ3) is 5.59. The van der Waals surface area contributed by atoms with Crippen molar-refractivity contribution in [2.24, 2.45) is 0 Å². The molecule has 1 rings (SSSR count). The van der Waals surface area contributed by atoms with Gasteiger partial charge in [-0.1, -0.05) is 6.58 Å². The minimum atomic E-state index is -0.383. The molecule has 98 valence electrons. The molecule has 0 aliphatic carbocycles. The molecule has 1 heterocycles. The highest BCUT2D eigenvalue weighted by Gasteiger charge is 2.06. The lowest BCUT2D eigenvalue weighted by Gasteiger charge is -2.06. The topological polar surface area (TPSA) is 48.4 Å². The number of carbonyl (C=O) groups is 1. The maximum Gasteiger partial charge on any atom is 0.335 e. The molecule has 0 fully saturated rings. The highest BCUT2D eigenvalue weighted by atomic mass is 16.5. The van der Waals surface area contributed by atoms with Gasteiger partial charge in [-0.3, -0.25) is 4.98 Å². The Hall–Kier alpha value is -1.68. The van der Waals surface area contributed by atoms with E-state index in [2.05, 4.69) is 11.6 Å². The van der Waals surface area contributed by atoms with Gasteiger partial charge in [0.25, 0.3) is 0 Å². The van der Waals surface area contributed by atoms with Crippen molar-refractivity contribution in [1.29, 1.82) is 0 Å². The predicted molar refractivity (Wildman–Crippen MR) is 69.2 cm³/mol. The van der Waals surface area contributed by atoms with Gasteiger partial charge in [-0.2, -0.15) is 0 Å². The van der Waals surface area contributed by atoms with Gasteiger partial charge in [0.05, 0.1) is 18.8 Å². The molecule has 0 saturated heterocycles. The molecule has 1 aromatic heterocycles. The molecule has 0 amide bonds. The van der Waals surface area contributed by atoms with Gasteiger partial charge in [0.1, 0.15) is 0 Å². The molecule has 0 N–H and O–H groups in total. The van der Waals surface area contributed by atoms with Crippen LogP contribution in [0, 0.1) is 0 Å². The second-order valence-corrected chi connectivity index (χ2v) is 3.84. The molecule has 0 unspecified atom stereocenters. The SMILES string of the molecule is C=C(COCCCc1ccncc1)C(=O)OCC. The van der Waals surface area contributed by atoms with Crippen molar-refractivity contribution < 1.29 is 14.3 Å². The maximum absolute atomic E-state index is 11.2. The zero-order chi connectivity index (χ0) is 13.2. The summed E-state index contributed by atoms with van der Waals surface area (Å²) >= 11 is 0. The zero-order valence-corrected chi connectivity index (χ0v) is 10.7. The third-order valence-electron chi connectivity index (χ3n) is 2.34. The molecule has 0 aliphatic rings. The molecule has 0 aliphatic heterocycles. The number of aryl methyl sites for hydroxylation is 1. The van der Waals surface area contributed by atoms with Crippen LogP contribution in [0.15, 0.2) is 36.7 Å². The molecule has 0 bridgehead atoms. The van der Waals surface area contributed by atoms with Gasteiger partial charge >= 0.3 is 5.97 Å². The number of esters is 1. The molecule has 0 radical (unpaired) electrons. The van der Waals surface area contributed by atoms with Crippen molar-refractivity contribution in [3.63, 3.8) is 0 Å². The van der Waals surface area contributed by atoms with E-state index in [-0.39, 0.29) is 12.6 Å². The summed E-state index contributed by atoms with van der Waals surface area (Å²) in [6, 6.07) is 3.97. The first kappa shape index (κ1) is 14.4. The molecular formula is C14H19NO3. The first-order valence-electron chi connectivity index (χ1n) is 6.05. The Morgan fingerprint density at radius 1 is 1.39 bits per heavy atom. The van der Waals surface area contributed by atoms with E-state index in [1.807, 2.05) is 12.1 Å². The molecule has 0 saturated carbocycles. The maximum atomic E-state index is 11.2. The summed E-state index contributed by atoms with van der Waals surface area (Å²) in [5.74, 6) is -0.383. The van der Waals surface area contributed by atoms with E-state index < -0.39 is 0 Å². The number of pyridine rings is 1. The van der Waals surface area contributed by atoms with Gasteiger partial charge in [-0.15, -0.1) is 0 Å². The van der Waals surface area contributed by atoms with Gasteiger partial charge in [0.2, 0.25) is 0 Å². The summed E-state index contributed by atoms with van der Waals surface area (Å²) in [7, 11) is 0. The number of nitrogens with zero attached hydrogens (tertiary/aromatic N) is 1. The lowest BCUT2D eigenvalue weighted by Crippen LogP contribution is -2.12. The lowest BCUT2D eigenvalue weighted by atomic mass is 10.1. The monoisotopic (exact) mass is 249 g/mol. The van der Waals surface area contributed by atoms with Crippen LogP contribution in [-0.2, 0) is 20.7 Å². The number of aromatic nitrogens is 1. The fraction of sp³-hybridized carbons (Fsp3) is 0.429. The first-order valence-corrected chi connectivity index (χ1v) is 6.05. The second kappa shape index (κ2) is 8.42. The zero-order valence-electron chi connectivity index (χ0n) is 10.7. The van der Waals surface area contributed by atoms with Crippen LogP contribution in [0.3, 0.4) is 0 Å². The van der Waals surface area contributed by atoms with Crippen molar-refractivity contribution in [3.8, 4) is 0 Å². The fourth-order valence-corrected chi connectivity index (χ4v) is 1.42. The molecule has 0 spiro atoms. The minimum absolute atomic E-state index is 0.231. The summed E-state index contributed by atoms with van der Waals surface area (Å²) in [5.41, 5.74) is 1.60. The van der Waals surface area contributed by atoms with Crippen LogP contribution < -0.4 is 0 Å². The van der Waals surface area contributed by atoms with Gasteiger partial charge in [-0.25, -0.2) is 4.79 Å². The normalized spacial score (nSPS) is 10.1. The van der Waals surface area contributed by atoms with Crippen LogP contribution >= 0.6 is 0 Å². The average Bonchev–Trinajstić information content (AvgIpc) is 2.39. The molecule has 4 nitrogen and oxygen atoms in total. The smallest absolute Gasteiger partial charge is 0.335 e. The van der Waals surface area contributed by atoms with Crippen molar-refractivity contribution in [2.75, 3.05) is 19.8 Å². The highest BCUT2D eigenvalue weighted by Crippen LogP contribution is 2.02. The first-order chi connectivity index (χ1) is 8.74. The van der Waals surface area contributed by atoms with Crippen molar-refractivity contribution in [3.05, 3.63) is 42.2 Å². The summed E-state index contributed by atoms with van der Waals surface area (Å²) in [4.78, 5) is 15.2. The van der Waals surface area contributed by atoms with Crippen LogP contribution in [0.2, 0.25) is 0 Å². The van der Waals surface area contributed by atoms with Crippen LogP contribution in [0.4, 0.5) is 0 Å². The Labute approximate surface area is 108 Å². The van der Waals surface area contributed by atoms with E-state index in [9.17, 15) is 4.79 Å². The number of rotatable bonds is 8. The van der Waals surface area contributed by atoms with E-state index in [4.69, 9.17) is 9.47 Å². The summed E-state index contributed by atoms with van der Waals surface area (Å²) < 4.78 is 10.2. The Morgan fingerprint density at radius 3 is 2.78 bits per heavy atom. The van der Waals surface area contributed by atoms with E-state index in [0.29, 0.717) is 18.8 Å². The van der Waals surface area contributed by atoms with E-state index in [1.54, 1.807) is 19.3 Å². The van der Waals surface area contributed by atoms with Crippen molar-refractivity contribution in [2.45, 2.75) is 19.8 Å². The Kier molecular flexibility index (Phi) is 6.72. The Bertz CT molecular complexity index is 376. The van der Waals surface area contributed by atoms with Gasteiger partial charge in [-0.05, 0) is 37.5 Å². The standard InChI is InChI=1S/C14H19NO3/c1-3-18-14(16)12(2)11-17-10-4-5-13-6-8-15-9-7-13/h6-9H,2-5,10-11H2,1H3. The summed E-state index contributed by atoms with van der Waals surface area (Å²) in [5, 5.41) is 0. The van der Waals surface area contributed by atoms with Crippen molar-refractivity contribution >= 4 is 5.97 Å². The van der Waals surface area contributed by atoms with Crippen LogP contribution in [0.25, 0.3) is 0 Å². The quantitative estimate of drug-likeness (QED) is 0.402. The number of carbonyl (C=O) groups excluding carboxylic acids is 1. The van der Waals surface area contributed by atoms with E-state index in [0.717, 1.165) is 12.8 Å². The molecule has 0 atom stereocenters. The number of ether oxygens (including phenoxy) is 2. The van der Waals surface area contributed by atoms with Crippen LogP contribution in [0.1, 0.15) is 18.9 Å². The fourth-order valence-electron chi connectivity index (χ4n) is 1.42. The van der Waals surface area contributed by atoms with E-state index in [1.165, 1.54) is 5.56 Å². The number of hydrogen-bond donors (Lipinski definition) is 0. The van der Waals surface area contributed by atoms with Crippen LogP contribution in [0.5, 0.6) is 0 Å². The van der Waals surface area contributed by atoms with Gasteiger partial charge < -0.3 is 9.47 Å². The van der Waals surface area contributed by atoms with Gasteiger partial charge in [0, 0.05) is 19.0 Å². The van der Waals surface area contributed by atoms with Crippen LogP contribution in [-0.4, -0.2) is 30.8 Å². The van der Waals surface area contributed by atoms with Gasteiger partial charge in [0.15, 0.2) is 0 Å². The Morgan fingerprint density at radius 2 is 2.11 bits per heavy atom. The molecule has 1 aromatic rings. The lowest BCUT2D eigenvalue weighted by molar-refractivity contribution is -0.139. The predicted octanol–water partition coefficient (Wildman–Crippen LogP) is 2.15. The molecule has 18 heavy (non-hydrogen) atoms. The average molecular weight is 249 g/mol. The molecule has 4 heteroatoms. The molecular weight excluding hydrogens is 230 g/mol. The summed E-state index contributed by atoms with van der Waals surface area (Å²) in [6.45, 7) is 6.58. The largest absolute Gasteiger partial charge is 0.463 e. The van der Waals surface area contributed by atoms with E-state index >= 15 is 0 Å². The molecule has 0 aromatic carbocycles. The highest BCUT2D eigenvalue weighted by molar-refractivity contribution is 5.87. The Balaban J connectivity index is 2.09. The third-order valence-corrected chi connectivity index (χ3v) is 2.34. The summed E-state index contributed by atoms with van der Waals surface area (Å²) in [6.07, 6.45) is 5.39. The minimum Gasteiger partial charge on any atom is -0.463 e. The number of hydrogen-bond acceptors (Lipinski definition) is 4. The second-order valence-electron chi connectivity index (χ2n) is 3.84. The van der Waals surface area contributed by atoms with Crippen molar-refractivity contribution in [1.82, 2.24) is 4.98 Å².